The third-order valence-electron chi connectivity index (χ3n) is 11.7. The number of thiazole rings is 1. The Bertz CT molecular complexity index is 1720. The van der Waals surface area contributed by atoms with Crippen LogP contribution in [0.5, 0.6) is 0 Å². The first kappa shape index (κ1) is 33.2. The molecule has 1 N–H and O–H groups in total. The standard InChI is InChI=1S/C35H40F3N2O4S2/c1-6-33(4)15-28(34(5)19(2)7-10-35(20(3)31(33)43)11-8-26(41)30(34)35)44-29(42)18-45-32-39-25-9-12-40(17-27(25)46-32)16-21-13-23(37)24(38)14-22(21)36/h6,9,12-14,17,19-20,28,30-31,43H,1,7-8,10-11,15-16,18H2,2-5H3/q+1/t19-,20+,28-,30+,31+,33-,34+,35+/m1/s1. The predicted octanol–water partition coefficient (Wildman–Crippen LogP) is 7.05. The van der Waals surface area contributed by atoms with Crippen molar-refractivity contribution in [3.05, 3.63) is 66.3 Å². The number of Topliss-reactive ketones (excluding diaryl/α,β-unsaturated/α-hetero) is 1. The lowest BCUT2D eigenvalue weighted by atomic mass is 9.44. The highest BCUT2D eigenvalue weighted by atomic mass is 32.2. The first-order valence-electron chi connectivity index (χ1n) is 15.8. The van der Waals surface area contributed by atoms with Crippen molar-refractivity contribution < 1.29 is 37.2 Å². The highest BCUT2D eigenvalue weighted by Crippen LogP contribution is 2.68. The molecule has 246 valence electrons. The van der Waals surface area contributed by atoms with Gasteiger partial charge >= 0.3 is 5.97 Å². The first-order valence-corrected chi connectivity index (χ1v) is 17.6. The number of aliphatic hydroxyl groups is 1. The minimum absolute atomic E-state index is 0.00609. The van der Waals surface area contributed by atoms with E-state index in [1.165, 1.54) is 23.1 Å². The van der Waals surface area contributed by atoms with Crippen molar-refractivity contribution in [2.75, 3.05) is 5.75 Å². The fourth-order valence-corrected chi connectivity index (χ4v) is 10.6. The number of halogens is 3. The number of carbonyl (C=O) groups is 2. The van der Waals surface area contributed by atoms with Gasteiger partial charge in [0.1, 0.15) is 22.4 Å². The van der Waals surface area contributed by atoms with Gasteiger partial charge in [-0.15, -0.1) is 17.9 Å². The van der Waals surface area contributed by atoms with E-state index >= 15 is 0 Å². The summed E-state index contributed by atoms with van der Waals surface area (Å²) in [6.07, 6.45) is 7.29. The van der Waals surface area contributed by atoms with Crippen molar-refractivity contribution in [1.82, 2.24) is 4.98 Å². The lowest BCUT2D eigenvalue weighted by Crippen LogP contribution is -2.63. The Morgan fingerprint density at radius 2 is 1.96 bits per heavy atom. The summed E-state index contributed by atoms with van der Waals surface area (Å²) >= 11 is 2.61. The van der Waals surface area contributed by atoms with E-state index in [2.05, 4.69) is 32.3 Å². The van der Waals surface area contributed by atoms with E-state index in [-0.39, 0.29) is 46.8 Å². The van der Waals surface area contributed by atoms with Crippen molar-refractivity contribution >= 4 is 45.1 Å². The van der Waals surface area contributed by atoms with Gasteiger partial charge in [-0.1, -0.05) is 45.5 Å². The molecule has 3 aromatic rings. The number of hydrogen-bond donors (Lipinski definition) is 1. The molecule has 0 saturated heterocycles. The van der Waals surface area contributed by atoms with Gasteiger partial charge in [0.2, 0.25) is 0 Å². The quantitative estimate of drug-likeness (QED) is 0.0953. The molecule has 0 unspecified atom stereocenters. The van der Waals surface area contributed by atoms with E-state index in [9.17, 15) is 27.9 Å². The summed E-state index contributed by atoms with van der Waals surface area (Å²) in [6.45, 7) is 12.4. The molecule has 11 heteroatoms. The average molecular weight is 674 g/mol. The molecular formula is C35H40F3N2O4S2+. The van der Waals surface area contributed by atoms with Crippen molar-refractivity contribution in [1.29, 1.82) is 0 Å². The summed E-state index contributed by atoms with van der Waals surface area (Å²) in [5.74, 6) is -3.60. The maximum atomic E-state index is 14.2. The Kier molecular flexibility index (Phi) is 8.68. The number of pyridine rings is 1. The number of benzene rings is 1. The molecule has 0 aliphatic heterocycles. The molecule has 2 aromatic heterocycles. The van der Waals surface area contributed by atoms with Crippen LogP contribution in [0, 0.1) is 51.5 Å². The molecule has 3 fully saturated rings. The predicted molar refractivity (Wildman–Crippen MR) is 171 cm³/mol. The Balaban J connectivity index is 1.21. The number of aromatic nitrogens is 2. The van der Waals surface area contributed by atoms with Crippen molar-refractivity contribution in [3.63, 3.8) is 0 Å². The number of carbonyl (C=O) groups excluding carboxylic acids is 2. The van der Waals surface area contributed by atoms with E-state index in [1.54, 1.807) is 29.1 Å². The second kappa shape index (κ2) is 12.0. The van der Waals surface area contributed by atoms with Gasteiger partial charge in [-0.3, -0.25) is 9.59 Å². The molecule has 46 heavy (non-hydrogen) atoms. The Labute approximate surface area is 275 Å². The van der Waals surface area contributed by atoms with Crippen molar-refractivity contribution in [2.24, 2.45) is 34.0 Å². The van der Waals surface area contributed by atoms with Crippen LogP contribution in [0.25, 0.3) is 10.2 Å². The molecule has 2 bridgehead atoms. The number of nitrogens with zero attached hydrogens (tertiary/aromatic N) is 2. The third-order valence-corrected chi connectivity index (χ3v) is 13.8. The second-order valence-corrected chi connectivity index (χ2v) is 16.3. The molecule has 3 aliphatic carbocycles. The Hall–Kier alpha value is -2.76. The summed E-state index contributed by atoms with van der Waals surface area (Å²) < 4.78 is 50.7. The normalized spacial score (nSPS) is 34.2. The molecule has 6 nitrogen and oxygen atoms in total. The third kappa shape index (κ3) is 5.40. The van der Waals surface area contributed by atoms with Crippen LogP contribution in [0.3, 0.4) is 0 Å². The molecular weight excluding hydrogens is 634 g/mol. The van der Waals surface area contributed by atoms with Gasteiger partial charge in [0.15, 0.2) is 34.9 Å². The zero-order valence-electron chi connectivity index (χ0n) is 26.5. The fourth-order valence-electron chi connectivity index (χ4n) is 8.75. The number of thioether (sulfide) groups is 1. The number of esters is 1. The van der Waals surface area contributed by atoms with Crippen LogP contribution in [0.15, 0.2) is 47.6 Å². The number of ether oxygens (including phenoxy) is 1. The van der Waals surface area contributed by atoms with Gasteiger partial charge in [-0.05, 0) is 49.0 Å². The summed E-state index contributed by atoms with van der Waals surface area (Å²) in [7, 11) is 0. The summed E-state index contributed by atoms with van der Waals surface area (Å²) in [5, 5.41) is 11.7. The topological polar surface area (TPSA) is 80.4 Å². The largest absolute Gasteiger partial charge is 0.461 e. The van der Waals surface area contributed by atoms with Gasteiger partial charge < -0.3 is 9.84 Å². The van der Waals surface area contributed by atoms with Crippen molar-refractivity contribution in [3.8, 4) is 0 Å². The summed E-state index contributed by atoms with van der Waals surface area (Å²) in [4.78, 5) is 31.8. The summed E-state index contributed by atoms with van der Waals surface area (Å²) in [6, 6.07) is 3.14. The molecule has 1 aromatic carbocycles. The summed E-state index contributed by atoms with van der Waals surface area (Å²) in [5.41, 5.74) is -0.916. The van der Waals surface area contributed by atoms with Gasteiger partial charge in [-0.2, -0.15) is 4.57 Å². The number of aliphatic hydroxyl groups excluding tert-OH is 1. The van der Waals surface area contributed by atoms with E-state index < -0.39 is 46.5 Å². The van der Waals surface area contributed by atoms with Crippen LogP contribution in [0.2, 0.25) is 0 Å². The van der Waals surface area contributed by atoms with Gasteiger partial charge in [-0.25, -0.2) is 18.2 Å². The lowest BCUT2D eigenvalue weighted by molar-refractivity contribution is -0.687. The molecule has 6 rings (SSSR count). The molecule has 0 spiro atoms. The highest BCUT2D eigenvalue weighted by molar-refractivity contribution is 8.01. The Morgan fingerprint density at radius 3 is 2.70 bits per heavy atom. The maximum absolute atomic E-state index is 14.2. The fraction of sp³-hybridized carbons (Fsp3) is 0.543. The zero-order valence-corrected chi connectivity index (χ0v) is 28.2. The molecule has 3 saturated carbocycles. The van der Waals surface area contributed by atoms with E-state index in [0.29, 0.717) is 28.8 Å². The van der Waals surface area contributed by atoms with Crippen LogP contribution in [0.1, 0.15) is 65.4 Å². The van der Waals surface area contributed by atoms with Gasteiger partial charge in [0, 0.05) is 35.3 Å². The number of fused-ring (bicyclic) bond motifs is 1. The minimum Gasteiger partial charge on any atom is -0.461 e. The molecule has 0 radical (unpaired) electrons. The van der Waals surface area contributed by atoms with E-state index in [0.717, 1.165) is 30.0 Å². The monoisotopic (exact) mass is 673 g/mol. The molecule has 8 atom stereocenters. The highest BCUT2D eigenvalue weighted by Gasteiger charge is 2.68. The smallest absolute Gasteiger partial charge is 0.316 e. The maximum Gasteiger partial charge on any atom is 0.316 e. The number of hydrogen-bond acceptors (Lipinski definition) is 7. The average Bonchev–Trinajstić information content (AvgIpc) is 3.60. The van der Waals surface area contributed by atoms with Crippen LogP contribution in [0.4, 0.5) is 13.2 Å². The molecule has 2 heterocycles. The van der Waals surface area contributed by atoms with Crippen LogP contribution >= 0.6 is 23.1 Å². The Morgan fingerprint density at radius 1 is 1.22 bits per heavy atom. The second-order valence-electron chi connectivity index (χ2n) is 14.1. The van der Waals surface area contributed by atoms with Crippen LogP contribution in [-0.2, 0) is 20.9 Å². The lowest BCUT2D eigenvalue weighted by Gasteiger charge is -2.61. The van der Waals surface area contributed by atoms with Crippen LogP contribution in [-0.4, -0.2) is 39.8 Å². The zero-order chi connectivity index (χ0) is 33.2. The number of rotatable bonds is 7. The van der Waals surface area contributed by atoms with Crippen molar-refractivity contribution in [2.45, 2.75) is 82.9 Å². The molecule has 0 amide bonds. The van der Waals surface area contributed by atoms with Gasteiger partial charge in [0.05, 0.1) is 22.9 Å². The minimum atomic E-state index is -1.23. The SMILES string of the molecule is C=C[C@]1(C)C[C@@H](OC(=O)CSc2nc3cc[n+](Cc4cc(F)c(F)cc4F)cc3s2)[C@]2(C)[C@H](C)CC[C@]3(CCC(=O)[C@H]32)[C@@H](C)[C@@H]1O. The number of ketones is 1. The van der Waals surface area contributed by atoms with E-state index in [4.69, 9.17) is 4.74 Å². The van der Waals surface area contributed by atoms with E-state index in [1.807, 2.05) is 6.92 Å². The van der Waals surface area contributed by atoms with Gasteiger partial charge in [0.25, 0.3) is 0 Å². The first-order chi connectivity index (χ1) is 21.7. The molecule has 3 aliphatic rings. The van der Waals surface area contributed by atoms with Crippen LogP contribution < -0.4 is 4.57 Å².